The largest absolute Gasteiger partial charge is 0.488 e. The maximum Gasteiger partial charge on any atom is 0.339 e. The highest BCUT2D eigenvalue weighted by molar-refractivity contribution is 5.86. The average Bonchev–Trinajstić information content (AvgIpc) is 2.88. The summed E-state index contributed by atoms with van der Waals surface area (Å²) < 4.78 is 25.1. The third-order valence-electron chi connectivity index (χ3n) is 8.31. The molecule has 0 unspecified atom stereocenters. The van der Waals surface area contributed by atoms with Gasteiger partial charge < -0.3 is 19.2 Å². The lowest BCUT2D eigenvalue weighted by Gasteiger charge is -2.47. The topological polar surface area (TPSA) is 80.0 Å². The molecule has 0 radical (unpaired) electrons. The molecule has 2 atom stereocenters. The van der Waals surface area contributed by atoms with Gasteiger partial charge in [-0.25, -0.2) is 9.18 Å². The van der Waals surface area contributed by atoms with E-state index >= 15 is 0 Å². The first-order valence-electron chi connectivity index (χ1n) is 13.2. The Morgan fingerprint density at radius 1 is 1.19 bits per heavy atom. The predicted molar refractivity (Wildman–Crippen MR) is 139 cm³/mol. The molecule has 5 rings (SSSR count). The monoisotopic (exact) mass is 507 g/mol. The van der Waals surface area contributed by atoms with Crippen LogP contribution in [0.15, 0.2) is 45.6 Å². The second-order valence-electron chi connectivity index (χ2n) is 10.6. The van der Waals surface area contributed by atoms with E-state index in [9.17, 15) is 19.1 Å². The number of nitrogens with zero attached hydrogens (tertiary/aromatic N) is 1. The standard InChI is InChI=1S/C30H34FNO5/c1-19-24-9-11-26(36-18-21-6-5-8-23(31)16-21)20(2)28(24)37-29(34)25(19)10-12-27(33)32-15-14-30(35)13-4-3-7-22(30)17-32/h5-6,8-9,11,16,22,35H,3-4,7,10,12-15,17-18H2,1-2H3/t22-,30-/m1/s1. The van der Waals surface area contributed by atoms with Gasteiger partial charge in [-0.05, 0) is 74.9 Å². The van der Waals surface area contributed by atoms with Crippen LogP contribution in [0.1, 0.15) is 60.8 Å². The molecule has 0 spiro atoms. The molecule has 2 heterocycles. The van der Waals surface area contributed by atoms with Crippen LogP contribution in [0.25, 0.3) is 11.0 Å². The summed E-state index contributed by atoms with van der Waals surface area (Å²) in [7, 11) is 0. The lowest BCUT2D eigenvalue weighted by atomic mass is 9.71. The van der Waals surface area contributed by atoms with Crippen LogP contribution in [0.3, 0.4) is 0 Å². The average molecular weight is 508 g/mol. The second-order valence-corrected chi connectivity index (χ2v) is 10.6. The van der Waals surface area contributed by atoms with Crippen molar-refractivity contribution in [2.24, 2.45) is 5.92 Å². The molecule has 1 aliphatic carbocycles. The predicted octanol–water partition coefficient (Wildman–Crippen LogP) is 5.21. The number of aliphatic hydroxyl groups is 1. The van der Waals surface area contributed by atoms with E-state index in [2.05, 4.69) is 0 Å². The van der Waals surface area contributed by atoms with Crippen LogP contribution >= 0.6 is 0 Å². The SMILES string of the molecule is Cc1c(CCC(=O)N2CC[C@]3(O)CCCC[C@@H]3C2)c(=O)oc2c(C)c(OCc3cccc(F)c3)ccc12. The molecule has 2 fully saturated rings. The normalized spacial score (nSPS) is 21.6. The number of fused-ring (bicyclic) bond motifs is 2. The maximum absolute atomic E-state index is 13.5. The molecule has 196 valence electrons. The van der Waals surface area contributed by atoms with E-state index in [1.807, 2.05) is 30.9 Å². The second kappa shape index (κ2) is 10.3. The van der Waals surface area contributed by atoms with Crippen LogP contribution in [0, 0.1) is 25.6 Å². The summed E-state index contributed by atoms with van der Waals surface area (Å²) in [6.07, 6.45) is 5.11. The van der Waals surface area contributed by atoms with Crippen LogP contribution in [0.5, 0.6) is 5.75 Å². The minimum absolute atomic E-state index is 0.0174. The number of aryl methyl sites for hydroxylation is 2. The lowest BCUT2D eigenvalue weighted by molar-refractivity contribution is -0.143. The maximum atomic E-state index is 13.5. The van der Waals surface area contributed by atoms with Crippen molar-refractivity contribution >= 4 is 16.9 Å². The van der Waals surface area contributed by atoms with Gasteiger partial charge in [0, 0.05) is 41.9 Å². The summed E-state index contributed by atoms with van der Waals surface area (Å²) in [6.45, 7) is 5.07. The highest BCUT2D eigenvalue weighted by atomic mass is 19.1. The van der Waals surface area contributed by atoms with E-state index in [0.717, 1.165) is 36.6 Å². The molecule has 2 aromatic carbocycles. The Morgan fingerprint density at radius 2 is 2.03 bits per heavy atom. The molecule has 1 aromatic heterocycles. The molecule has 1 saturated heterocycles. The van der Waals surface area contributed by atoms with Gasteiger partial charge in [0.25, 0.3) is 0 Å². The summed E-state index contributed by atoms with van der Waals surface area (Å²) >= 11 is 0. The number of hydrogen-bond donors (Lipinski definition) is 1. The van der Waals surface area contributed by atoms with E-state index in [1.54, 1.807) is 12.1 Å². The number of halogens is 1. The van der Waals surface area contributed by atoms with Gasteiger partial charge in [-0.3, -0.25) is 4.79 Å². The number of carbonyl (C=O) groups excluding carboxylic acids is 1. The van der Waals surface area contributed by atoms with Crippen molar-refractivity contribution < 1.29 is 23.4 Å². The van der Waals surface area contributed by atoms with Crippen molar-refractivity contribution in [3.8, 4) is 5.75 Å². The minimum Gasteiger partial charge on any atom is -0.488 e. The van der Waals surface area contributed by atoms with E-state index in [1.165, 1.54) is 12.1 Å². The van der Waals surface area contributed by atoms with Gasteiger partial charge in [-0.1, -0.05) is 25.0 Å². The molecule has 2 aliphatic rings. The molecular weight excluding hydrogens is 473 g/mol. The fraction of sp³-hybridized carbons (Fsp3) is 0.467. The lowest BCUT2D eigenvalue weighted by Crippen LogP contribution is -2.54. The summed E-state index contributed by atoms with van der Waals surface area (Å²) in [6, 6.07) is 9.93. The Kier molecular flexibility index (Phi) is 7.08. The van der Waals surface area contributed by atoms with Gasteiger partial charge in [0.1, 0.15) is 23.8 Å². The van der Waals surface area contributed by atoms with Gasteiger partial charge in [0.15, 0.2) is 0 Å². The molecule has 7 heteroatoms. The van der Waals surface area contributed by atoms with E-state index < -0.39 is 11.2 Å². The molecule has 1 saturated carbocycles. The van der Waals surface area contributed by atoms with Crippen molar-refractivity contribution in [1.29, 1.82) is 0 Å². The highest BCUT2D eigenvalue weighted by Crippen LogP contribution is 2.40. The van der Waals surface area contributed by atoms with Crippen LogP contribution in [0.4, 0.5) is 4.39 Å². The molecule has 37 heavy (non-hydrogen) atoms. The van der Waals surface area contributed by atoms with E-state index in [0.29, 0.717) is 54.0 Å². The Labute approximate surface area is 216 Å². The van der Waals surface area contributed by atoms with Crippen molar-refractivity contribution in [2.45, 2.75) is 71.0 Å². The molecule has 1 N–H and O–H groups in total. The van der Waals surface area contributed by atoms with E-state index in [4.69, 9.17) is 9.15 Å². The number of rotatable bonds is 6. The quantitative estimate of drug-likeness (QED) is 0.463. The summed E-state index contributed by atoms with van der Waals surface area (Å²) in [4.78, 5) is 27.8. The van der Waals surface area contributed by atoms with Crippen LogP contribution in [-0.4, -0.2) is 34.6 Å². The van der Waals surface area contributed by atoms with Crippen molar-refractivity contribution in [3.05, 3.63) is 74.9 Å². The van der Waals surface area contributed by atoms with Crippen molar-refractivity contribution in [1.82, 2.24) is 4.90 Å². The zero-order valence-corrected chi connectivity index (χ0v) is 21.5. The molecule has 6 nitrogen and oxygen atoms in total. The van der Waals surface area contributed by atoms with Crippen LogP contribution in [0.2, 0.25) is 0 Å². The highest BCUT2D eigenvalue weighted by Gasteiger charge is 2.43. The number of benzene rings is 2. The van der Waals surface area contributed by atoms with Crippen molar-refractivity contribution in [3.63, 3.8) is 0 Å². The molecule has 1 amide bonds. The third kappa shape index (κ3) is 5.14. The Hall–Kier alpha value is -3.19. The van der Waals surface area contributed by atoms with E-state index in [-0.39, 0.29) is 30.7 Å². The summed E-state index contributed by atoms with van der Waals surface area (Å²) in [5.41, 5.74) is 2.12. The minimum atomic E-state index is -0.622. The van der Waals surface area contributed by atoms with Gasteiger partial charge in [0.05, 0.1) is 5.60 Å². The fourth-order valence-electron chi connectivity index (χ4n) is 5.99. The molecule has 1 aliphatic heterocycles. The Bertz CT molecular complexity index is 1380. The Morgan fingerprint density at radius 3 is 2.84 bits per heavy atom. The zero-order chi connectivity index (χ0) is 26.2. The number of ether oxygens (including phenoxy) is 1. The van der Waals surface area contributed by atoms with Crippen LogP contribution in [-0.2, 0) is 17.8 Å². The molecule has 0 bridgehead atoms. The number of piperidine rings is 1. The fourth-order valence-corrected chi connectivity index (χ4v) is 5.99. The zero-order valence-electron chi connectivity index (χ0n) is 21.5. The van der Waals surface area contributed by atoms with Gasteiger partial charge in [-0.2, -0.15) is 0 Å². The summed E-state index contributed by atoms with van der Waals surface area (Å²) in [5, 5.41) is 11.7. The summed E-state index contributed by atoms with van der Waals surface area (Å²) in [5.74, 6) is 0.408. The molecule has 3 aromatic rings. The Balaban J connectivity index is 1.29. The first-order valence-corrected chi connectivity index (χ1v) is 13.2. The van der Waals surface area contributed by atoms with Crippen molar-refractivity contribution in [2.75, 3.05) is 13.1 Å². The number of hydrogen-bond acceptors (Lipinski definition) is 5. The third-order valence-corrected chi connectivity index (χ3v) is 8.31. The van der Waals surface area contributed by atoms with Gasteiger partial charge in [0.2, 0.25) is 5.91 Å². The smallest absolute Gasteiger partial charge is 0.339 e. The van der Waals surface area contributed by atoms with Gasteiger partial charge in [-0.15, -0.1) is 0 Å². The number of amides is 1. The first-order chi connectivity index (χ1) is 17.7. The van der Waals surface area contributed by atoms with Crippen LogP contribution < -0.4 is 10.4 Å². The first kappa shape index (κ1) is 25.5. The number of likely N-dealkylation sites (tertiary alicyclic amines) is 1. The molecular formula is C30H34FNO5. The van der Waals surface area contributed by atoms with Gasteiger partial charge >= 0.3 is 5.63 Å². The number of carbonyl (C=O) groups is 1.